The van der Waals surface area contributed by atoms with Gasteiger partial charge in [-0.15, -0.1) is 0 Å². The van der Waals surface area contributed by atoms with Gasteiger partial charge in [0.25, 0.3) is 0 Å². The van der Waals surface area contributed by atoms with Crippen molar-refractivity contribution in [1.82, 2.24) is 14.8 Å². The van der Waals surface area contributed by atoms with Gasteiger partial charge in [0.15, 0.2) is 0 Å². The van der Waals surface area contributed by atoms with Crippen LogP contribution >= 0.6 is 11.6 Å². The Morgan fingerprint density at radius 3 is 2.34 bits per heavy atom. The first kappa shape index (κ1) is 24.5. The normalized spacial score (nSPS) is 11.5. The molecule has 2 aromatic carbocycles. The van der Waals surface area contributed by atoms with Crippen LogP contribution in [0.5, 0.6) is 11.5 Å². The lowest BCUT2D eigenvalue weighted by molar-refractivity contribution is -0.137. The lowest BCUT2D eigenvalue weighted by Crippen LogP contribution is -2.10. The molecule has 0 spiro atoms. The predicted molar refractivity (Wildman–Crippen MR) is 127 cm³/mol. The van der Waals surface area contributed by atoms with Crippen LogP contribution in [0.2, 0.25) is 5.02 Å². The lowest BCUT2D eigenvalue weighted by Gasteiger charge is -2.11. The minimum atomic E-state index is -4.57. The smallest absolute Gasteiger partial charge is 0.417 e. The summed E-state index contributed by atoms with van der Waals surface area (Å²) < 4.78 is 46.8. The van der Waals surface area contributed by atoms with Crippen LogP contribution in [-0.2, 0) is 30.9 Å². The van der Waals surface area contributed by atoms with Crippen molar-refractivity contribution < 1.29 is 22.7 Å². The summed E-state index contributed by atoms with van der Waals surface area (Å²) in [6.07, 6.45) is -1.01. The molecule has 2 aromatic heterocycles. The summed E-state index contributed by atoms with van der Waals surface area (Å²) in [5, 5.41) is 3.78. The molecule has 0 fully saturated rings. The SMILES string of the molecule is Cc1cc(Oc2ccc(CC(=O)Cc3ccc(Cl)c(C(F)(F)F)c3)cc2)cc(-c2cnn(C)c2)n1. The molecule has 0 saturated heterocycles. The van der Waals surface area contributed by atoms with Crippen LogP contribution in [0.3, 0.4) is 0 Å². The van der Waals surface area contributed by atoms with Crippen molar-refractivity contribution in [2.24, 2.45) is 7.05 Å². The third kappa shape index (κ3) is 6.27. The largest absolute Gasteiger partial charge is 0.457 e. The Bertz CT molecular complexity index is 1370. The van der Waals surface area contributed by atoms with E-state index >= 15 is 0 Å². The van der Waals surface area contributed by atoms with Crippen LogP contribution in [0, 0.1) is 6.92 Å². The summed E-state index contributed by atoms with van der Waals surface area (Å²) in [4.78, 5) is 17.0. The number of aromatic nitrogens is 3. The summed E-state index contributed by atoms with van der Waals surface area (Å²) in [6.45, 7) is 1.87. The molecular formula is C26H21ClF3N3O2. The van der Waals surface area contributed by atoms with Crippen molar-refractivity contribution in [3.8, 4) is 22.8 Å². The maximum atomic E-state index is 13.1. The molecule has 5 nitrogen and oxygen atoms in total. The number of alkyl halides is 3. The highest BCUT2D eigenvalue weighted by molar-refractivity contribution is 6.31. The van der Waals surface area contributed by atoms with Crippen molar-refractivity contribution in [3.63, 3.8) is 0 Å². The van der Waals surface area contributed by atoms with Gasteiger partial charge in [0.2, 0.25) is 0 Å². The predicted octanol–water partition coefficient (Wildman–Crippen LogP) is 6.61. The monoisotopic (exact) mass is 499 g/mol. The zero-order chi connectivity index (χ0) is 25.2. The van der Waals surface area contributed by atoms with Crippen LogP contribution in [0.1, 0.15) is 22.4 Å². The van der Waals surface area contributed by atoms with E-state index in [1.165, 1.54) is 12.1 Å². The number of carbonyl (C=O) groups is 1. The van der Waals surface area contributed by atoms with Gasteiger partial charge in [0.05, 0.1) is 22.5 Å². The molecule has 0 bridgehead atoms. The van der Waals surface area contributed by atoms with Crippen molar-refractivity contribution in [2.45, 2.75) is 25.9 Å². The molecule has 0 amide bonds. The molecule has 35 heavy (non-hydrogen) atoms. The van der Waals surface area contributed by atoms with E-state index in [9.17, 15) is 18.0 Å². The van der Waals surface area contributed by atoms with E-state index in [1.807, 2.05) is 32.3 Å². The van der Waals surface area contributed by atoms with Gasteiger partial charge in [-0.3, -0.25) is 14.5 Å². The Hall–Kier alpha value is -3.65. The number of rotatable bonds is 7. The van der Waals surface area contributed by atoms with E-state index in [0.717, 1.165) is 28.6 Å². The first-order chi connectivity index (χ1) is 16.6. The van der Waals surface area contributed by atoms with Gasteiger partial charge in [-0.1, -0.05) is 29.8 Å². The molecular weight excluding hydrogens is 479 g/mol. The zero-order valence-electron chi connectivity index (χ0n) is 18.9. The minimum Gasteiger partial charge on any atom is -0.457 e. The molecule has 180 valence electrons. The van der Waals surface area contributed by atoms with Gasteiger partial charge in [-0.05, 0) is 42.3 Å². The van der Waals surface area contributed by atoms with Crippen LogP contribution in [-0.4, -0.2) is 20.5 Å². The minimum absolute atomic E-state index is 0.0871. The average Bonchev–Trinajstić information content (AvgIpc) is 3.22. The maximum Gasteiger partial charge on any atom is 0.417 e. The Labute approximate surface area is 205 Å². The maximum absolute atomic E-state index is 13.1. The van der Waals surface area contributed by atoms with Gasteiger partial charge in [-0.2, -0.15) is 18.3 Å². The van der Waals surface area contributed by atoms with Crippen molar-refractivity contribution in [1.29, 1.82) is 0 Å². The molecule has 0 radical (unpaired) electrons. The van der Waals surface area contributed by atoms with Crippen molar-refractivity contribution in [3.05, 3.63) is 94.4 Å². The molecule has 4 aromatic rings. The second-order valence-corrected chi connectivity index (χ2v) is 8.59. The fourth-order valence-corrected chi connectivity index (χ4v) is 3.85. The van der Waals surface area contributed by atoms with Gasteiger partial charge in [0, 0.05) is 49.5 Å². The van der Waals surface area contributed by atoms with Gasteiger partial charge >= 0.3 is 6.18 Å². The molecule has 0 unspecified atom stereocenters. The number of carbonyl (C=O) groups excluding carboxylic acids is 1. The number of halogens is 4. The second kappa shape index (κ2) is 9.92. The summed E-state index contributed by atoms with van der Waals surface area (Å²) in [7, 11) is 1.83. The van der Waals surface area contributed by atoms with Gasteiger partial charge in [-0.25, -0.2) is 0 Å². The first-order valence-electron chi connectivity index (χ1n) is 10.7. The Kier molecular flexibility index (Phi) is 6.93. The van der Waals surface area contributed by atoms with Gasteiger partial charge in [0.1, 0.15) is 17.3 Å². The summed E-state index contributed by atoms with van der Waals surface area (Å²) in [5.41, 5.74) is 2.46. The molecule has 0 saturated carbocycles. The topological polar surface area (TPSA) is 57.0 Å². The van der Waals surface area contributed by atoms with Crippen LogP contribution in [0.15, 0.2) is 67.0 Å². The molecule has 0 atom stereocenters. The Morgan fingerprint density at radius 2 is 1.69 bits per heavy atom. The number of ether oxygens (including phenoxy) is 1. The average molecular weight is 500 g/mol. The molecule has 0 aliphatic heterocycles. The first-order valence-corrected chi connectivity index (χ1v) is 11.1. The fourth-order valence-electron chi connectivity index (χ4n) is 3.63. The highest BCUT2D eigenvalue weighted by Gasteiger charge is 2.33. The van der Waals surface area contributed by atoms with E-state index in [2.05, 4.69) is 10.1 Å². The number of hydrogen-bond acceptors (Lipinski definition) is 4. The van der Waals surface area contributed by atoms with E-state index in [1.54, 1.807) is 35.1 Å². The van der Waals surface area contributed by atoms with Crippen LogP contribution in [0.4, 0.5) is 13.2 Å². The molecule has 2 heterocycles. The number of pyridine rings is 1. The third-order valence-corrected chi connectivity index (χ3v) is 5.55. The second-order valence-electron chi connectivity index (χ2n) is 8.18. The van der Waals surface area contributed by atoms with Crippen molar-refractivity contribution in [2.75, 3.05) is 0 Å². The number of aryl methyl sites for hydroxylation is 2. The Morgan fingerprint density at radius 1 is 1.00 bits per heavy atom. The highest BCUT2D eigenvalue weighted by Crippen LogP contribution is 2.35. The number of hydrogen-bond donors (Lipinski definition) is 0. The van der Waals surface area contributed by atoms with E-state index in [-0.39, 0.29) is 29.2 Å². The number of nitrogens with zero attached hydrogens (tertiary/aromatic N) is 3. The standard InChI is InChI=1S/C26H21ClF3N3O2/c1-16-9-22(13-25(32-16)19-14-31-33(2)15-19)35-21-6-3-17(4-7-21)10-20(34)11-18-5-8-24(27)23(12-18)26(28,29)30/h3-9,12-15H,10-11H2,1-2H3. The molecule has 0 aliphatic rings. The third-order valence-electron chi connectivity index (χ3n) is 5.23. The quantitative estimate of drug-likeness (QED) is 0.287. The zero-order valence-corrected chi connectivity index (χ0v) is 19.7. The van der Waals surface area contributed by atoms with Crippen LogP contribution in [0.25, 0.3) is 11.3 Å². The molecule has 9 heteroatoms. The fraction of sp³-hybridized carbons (Fsp3) is 0.192. The lowest BCUT2D eigenvalue weighted by atomic mass is 10.0. The van der Waals surface area contributed by atoms with Crippen molar-refractivity contribution >= 4 is 17.4 Å². The highest BCUT2D eigenvalue weighted by atomic mass is 35.5. The van der Waals surface area contributed by atoms with E-state index < -0.39 is 11.7 Å². The van der Waals surface area contributed by atoms with E-state index in [4.69, 9.17) is 16.3 Å². The molecule has 0 aliphatic carbocycles. The summed E-state index contributed by atoms with van der Waals surface area (Å²) >= 11 is 5.65. The van der Waals surface area contributed by atoms with Crippen LogP contribution < -0.4 is 4.74 Å². The number of ketones is 1. The molecule has 4 rings (SSSR count). The summed E-state index contributed by atoms with van der Waals surface area (Å²) in [5.74, 6) is 0.986. The Balaban J connectivity index is 1.41. The number of benzene rings is 2. The summed E-state index contributed by atoms with van der Waals surface area (Å²) in [6, 6.07) is 14.2. The van der Waals surface area contributed by atoms with Gasteiger partial charge < -0.3 is 4.74 Å². The molecule has 0 N–H and O–H groups in total. The number of Topliss-reactive ketones (excluding diaryl/α,β-unsaturated/α-hetero) is 1. The van der Waals surface area contributed by atoms with E-state index in [0.29, 0.717) is 11.5 Å².